The van der Waals surface area contributed by atoms with Crippen molar-refractivity contribution in [1.29, 1.82) is 0 Å². The molecule has 0 radical (unpaired) electrons. The largest absolute Gasteiger partial charge is 0.489 e. The molecule has 220 valence electrons. The number of fused-ring (bicyclic) bond motifs is 3. The Labute approximate surface area is 256 Å². The summed E-state index contributed by atoms with van der Waals surface area (Å²) in [6, 6.07) is 26.7. The van der Waals surface area contributed by atoms with E-state index in [1.807, 2.05) is 54.6 Å². The molecule has 0 saturated heterocycles. The first-order chi connectivity index (χ1) is 21.5. The van der Waals surface area contributed by atoms with Gasteiger partial charge < -0.3 is 18.9 Å². The fourth-order valence-corrected chi connectivity index (χ4v) is 6.66. The van der Waals surface area contributed by atoms with Crippen molar-refractivity contribution in [3.63, 3.8) is 0 Å². The lowest BCUT2D eigenvalue weighted by atomic mass is 9.95. The van der Waals surface area contributed by atoms with Gasteiger partial charge in [0.2, 0.25) is 6.79 Å². The molecule has 4 aromatic carbocycles. The maximum atomic E-state index is 14.0. The Morgan fingerprint density at radius 1 is 1.02 bits per heavy atom. The molecule has 0 aliphatic carbocycles. The number of benzene rings is 4. The Bertz CT molecular complexity index is 2140. The predicted octanol–water partition coefficient (Wildman–Crippen LogP) is 5.26. The van der Waals surface area contributed by atoms with Crippen LogP contribution in [-0.4, -0.2) is 23.9 Å². The third kappa shape index (κ3) is 5.05. The van der Waals surface area contributed by atoms with E-state index in [0.29, 0.717) is 50.0 Å². The van der Waals surface area contributed by atoms with Crippen molar-refractivity contribution < 1.29 is 23.7 Å². The highest BCUT2D eigenvalue weighted by atomic mass is 32.1. The molecule has 5 aromatic rings. The van der Waals surface area contributed by atoms with E-state index in [2.05, 4.69) is 29.3 Å². The first kappa shape index (κ1) is 27.7. The standard InChI is InChI=1S/C35H28N2O6S/c1-3-40-34(39)31-21(2)36-35-37(32(31)24-14-15-28-29(18-24)43-20-42-28)33(38)30(44-35)17-22-8-6-12-26(16-22)41-19-25-11-7-10-23-9-4-5-13-27(23)25/h4-18,32H,3,19-20H2,1-2H3/b30-17+. The molecule has 0 fully saturated rings. The number of rotatable bonds is 7. The minimum atomic E-state index is -0.739. The van der Waals surface area contributed by atoms with Crippen molar-refractivity contribution in [3.05, 3.63) is 133 Å². The SMILES string of the molecule is CCOC(=O)C1=C(C)N=c2s/c(=C/c3cccc(OCc4cccc5ccccc45)c3)c(=O)n2C1c1ccc2c(c1)OCO2. The Hall–Kier alpha value is -5.15. The van der Waals surface area contributed by atoms with Crippen LogP contribution in [0.5, 0.6) is 17.2 Å². The molecule has 0 spiro atoms. The Morgan fingerprint density at radius 3 is 2.73 bits per heavy atom. The summed E-state index contributed by atoms with van der Waals surface area (Å²) >= 11 is 1.27. The molecule has 0 saturated carbocycles. The van der Waals surface area contributed by atoms with Crippen LogP contribution >= 0.6 is 11.3 Å². The van der Waals surface area contributed by atoms with Gasteiger partial charge in [-0.25, -0.2) is 9.79 Å². The van der Waals surface area contributed by atoms with Crippen molar-refractivity contribution in [2.24, 2.45) is 4.99 Å². The van der Waals surface area contributed by atoms with E-state index < -0.39 is 12.0 Å². The van der Waals surface area contributed by atoms with Gasteiger partial charge in [0.1, 0.15) is 12.4 Å². The molecule has 44 heavy (non-hydrogen) atoms. The van der Waals surface area contributed by atoms with Crippen molar-refractivity contribution >= 4 is 34.2 Å². The van der Waals surface area contributed by atoms with Gasteiger partial charge in [-0.05, 0) is 71.7 Å². The highest BCUT2D eigenvalue weighted by Crippen LogP contribution is 2.38. The smallest absolute Gasteiger partial charge is 0.338 e. The summed E-state index contributed by atoms with van der Waals surface area (Å²) in [6.45, 7) is 4.25. The number of nitrogens with zero attached hydrogens (tertiary/aromatic N) is 2. The van der Waals surface area contributed by atoms with Gasteiger partial charge in [-0.1, -0.05) is 72.0 Å². The third-order valence-corrected chi connectivity index (χ3v) is 8.64. The van der Waals surface area contributed by atoms with E-state index in [0.717, 1.165) is 21.9 Å². The fourth-order valence-electron chi connectivity index (χ4n) is 5.62. The molecule has 3 heterocycles. The average Bonchev–Trinajstić information content (AvgIpc) is 3.63. The summed E-state index contributed by atoms with van der Waals surface area (Å²) in [5.41, 5.74) is 3.16. The molecular weight excluding hydrogens is 576 g/mol. The summed E-state index contributed by atoms with van der Waals surface area (Å²) in [6.07, 6.45) is 1.83. The van der Waals surface area contributed by atoms with E-state index in [1.165, 1.54) is 11.3 Å². The lowest BCUT2D eigenvalue weighted by Crippen LogP contribution is -2.39. The van der Waals surface area contributed by atoms with Gasteiger partial charge in [0.15, 0.2) is 16.3 Å². The van der Waals surface area contributed by atoms with Crippen LogP contribution in [0, 0.1) is 0 Å². The number of thiazole rings is 1. The van der Waals surface area contributed by atoms with E-state index >= 15 is 0 Å². The molecule has 1 atom stereocenters. The lowest BCUT2D eigenvalue weighted by molar-refractivity contribution is -0.139. The number of carbonyl (C=O) groups is 1. The Balaban J connectivity index is 1.25. The van der Waals surface area contributed by atoms with Crippen LogP contribution in [0.25, 0.3) is 16.8 Å². The molecule has 1 aromatic heterocycles. The van der Waals surface area contributed by atoms with Crippen LogP contribution in [0.15, 0.2) is 106 Å². The highest BCUT2D eigenvalue weighted by molar-refractivity contribution is 7.07. The van der Waals surface area contributed by atoms with Gasteiger partial charge in [0.25, 0.3) is 5.56 Å². The van der Waals surface area contributed by atoms with Gasteiger partial charge in [-0.15, -0.1) is 0 Å². The topological polar surface area (TPSA) is 88.4 Å². The zero-order valence-electron chi connectivity index (χ0n) is 24.1. The van der Waals surface area contributed by atoms with E-state index in [4.69, 9.17) is 18.9 Å². The molecule has 7 rings (SSSR count). The normalized spacial score (nSPS) is 15.7. The molecular formula is C35H28N2O6S. The van der Waals surface area contributed by atoms with Gasteiger partial charge in [0, 0.05) is 0 Å². The monoisotopic (exact) mass is 604 g/mol. The lowest BCUT2D eigenvalue weighted by Gasteiger charge is -2.24. The second-order valence-electron chi connectivity index (χ2n) is 10.4. The average molecular weight is 605 g/mol. The fraction of sp³-hybridized carbons (Fsp3) is 0.171. The van der Waals surface area contributed by atoms with Crippen LogP contribution in [-0.2, 0) is 16.1 Å². The zero-order valence-corrected chi connectivity index (χ0v) is 24.9. The van der Waals surface area contributed by atoms with E-state index in [9.17, 15) is 9.59 Å². The molecule has 0 N–H and O–H groups in total. The van der Waals surface area contributed by atoms with Crippen LogP contribution in [0.1, 0.15) is 36.6 Å². The second kappa shape index (κ2) is 11.5. The van der Waals surface area contributed by atoms with Crippen LogP contribution in [0.3, 0.4) is 0 Å². The summed E-state index contributed by atoms with van der Waals surface area (Å²) in [5.74, 6) is 1.35. The van der Waals surface area contributed by atoms with E-state index in [-0.39, 0.29) is 19.0 Å². The predicted molar refractivity (Wildman–Crippen MR) is 168 cm³/mol. The van der Waals surface area contributed by atoms with Gasteiger partial charge in [-0.2, -0.15) is 0 Å². The quantitative estimate of drug-likeness (QED) is 0.236. The maximum absolute atomic E-state index is 14.0. The Kier molecular flexibility index (Phi) is 7.23. The first-order valence-electron chi connectivity index (χ1n) is 14.3. The Morgan fingerprint density at radius 2 is 1.84 bits per heavy atom. The van der Waals surface area contributed by atoms with Gasteiger partial charge in [0.05, 0.1) is 28.5 Å². The van der Waals surface area contributed by atoms with Gasteiger partial charge >= 0.3 is 5.97 Å². The molecule has 2 aliphatic rings. The molecule has 0 amide bonds. The van der Waals surface area contributed by atoms with Crippen LogP contribution in [0.2, 0.25) is 0 Å². The number of hydrogen-bond donors (Lipinski definition) is 0. The number of allylic oxidation sites excluding steroid dienone is 1. The zero-order chi connectivity index (χ0) is 30.2. The minimum absolute atomic E-state index is 0.117. The minimum Gasteiger partial charge on any atom is -0.489 e. The van der Waals surface area contributed by atoms with Gasteiger partial charge in [-0.3, -0.25) is 9.36 Å². The number of aromatic nitrogens is 1. The number of esters is 1. The third-order valence-electron chi connectivity index (χ3n) is 7.66. The highest BCUT2D eigenvalue weighted by Gasteiger charge is 2.34. The molecule has 1 unspecified atom stereocenters. The van der Waals surface area contributed by atoms with Crippen molar-refractivity contribution in [1.82, 2.24) is 4.57 Å². The molecule has 8 nitrogen and oxygen atoms in total. The molecule has 2 aliphatic heterocycles. The summed E-state index contributed by atoms with van der Waals surface area (Å²) in [7, 11) is 0. The van der Waals surface area contributed by atoms with Crippen LogP contribution in [0.4, 0.5) is 0 Å². The second-order valence-corrected chi connectivity index (χ2v) is 11.4. The number of carbonyl (C=O) groups excluding carboxylic acids is 1. The number of hydrogen-bond acceptors (Lipinski definition) is 8. The van der Waals surface area contributed by atoms with Crippen molar-refractivity contribution in [2.45, 2.75) is 26.5 Å². The van der Waals surface area contributed by atoms with Crippen LogP contribution < -0.4 is 29.1 Å². The molecule has 9 heteroatoms. The molecule has 0 bridgehead atoms. The van der Waals surface area contributed by atoms with Crippen molar-refractivity contribution in [3.8, 4) is 17.2 Å². The summed E-state index contributed by atoms with van der Waals surface area (Å²) in [4.78, 5) is 32.4. The first-order valence-corrected chi connectivity index (χ1v) is 15.1. The maximum Gasteiger partial charge on any atom is 0.338 e. The summed E-state index contributed by atoms with van der Waals surface area (Å²) in [5, 5.41) is 2.32. The number of ether oxygens (including phenoxy) is 4. The van der Waals surface area contributed by atoms with E-state index in [1.54, 1.807) is 30.5 Å². The van der Waals surface area contributed by atoms with Crippen molar-refractivity contribution in [2.75, 3.05) is 13.4 Å². The summed E-state index contributed by atoms with van der Waals surface area (Å²) < 4.78 is 24.7.